The highest BCUT2D eigenvalue weighted by atomic mass is 16.1. The van der Waals surface area contributed by atoms with E-state index in [9.17, 15) is 4.79 Å². The molecule has 1 heterocycles. The van der Waals surface area contributed by atoms with Crippen molar-refractivity contribution >= 4 is 5.91 Å². The van der Waals surface area contributed by atoms with Crippen molar-refractivity contribution in [1.29, 1.82) is 0 Å². The van der Waals surface area contributed by atoms with E-state index in [0.717, 1.165) is 31.4 Å². The van der Waals surface area contributed by atoms with Gasteiger partial charge in [0.15, 0.2) is 0 Å². The predicted octanol–water partition coefficient (Wildman–Crippen LogP) is 0.825. The van der Waals surface area contributed by atoms with Gasteiger partial charge in [0, 0.05) is 12.7 Å². The van der Waals surface area contributed by atoms with E-state index in [0.29, 0.717) is 6.54 Å². The highest BCUT2D eigenvalue weighted by Crippen LogP contribution is 2.00. The van der Waals surface area contributed by atoms with Crippen LogP contribution in [0.25, 0.3) is 0 Å². The van der Waals surface area contributed by atoms with Crippen molar-refractivity contribution in [2.24, 2.45) is 5.73 Å². The second-order valence-corrected chi connectivity index (χ2v) is 4.33. The molecule has 5 heteroatoms. The zero-order valence-electron chi connectivity index (χ0n) is 10.6. The van der Waals surface area contributed by atoms with Crippen LogP contribution in [-0.4, -0.2) is 28.3 Å². The van der Waals surface area contributed by atoms with E-state index in [2.05, 4.69) is 17.3 Å². The highest BCUT2D eigenvalue weighted by Gasteiger charge is 2.13. The molecule has 1 aromatic heterocycles. The first kappa shape index (κ1) is 13.7. The van der Waals surface area contributed by atoms with Gasteiger partial charge in [0.05, 0.1) is 18.8 Å². The number of aromatic nitrogens is 2. The van der Waals surface area contributed by atoms with Gasteiger partial charge >= 0.3 is 0 Å². The average molecular weight is 238 g/mol. The lowest BCUT2D eigenvalue weighted by molar-refractivity contribution is -0.120. The fourth-order valence-corrected chi connectivity index (χ4v) is 1.70. The van der Waals surface area contributed by atoms with Crippen LogP contribution >= 0.6 is 0 Å². The summed E-state index contributed by atoms with van der Waals surface area (Å²) in [6, 6.07) is -0.216. The van der Waals surface area contributed by atoms with Gasteiger partial charge in [-0.1, -0.05) is 19.8 Å². The number of nitrogens with zero attached hydrogens (tertiary/aromatic N) is 2. The van der Waals surface area contributed by atoms with E-state index < -0.39 is 0 Å². The maximum Gasteiger partial charge on any atom is 0.234 e. The second-order valence-electron chi connectivity index (χ2n) is 4.33. The lowest BCUT2D eigenvalue weighted by Gasteiger charge is -2.14. The molecule has 1 rings (SSSR count). The van der Waals surface area contributed by atoms with E-state index >= 15 is 0 Å². The van der Waals surface area contributed by atoms with Gasteiger partial charge in [0.2, 0.25) is 5.91 Å². The van der Waals surface area contributed by atoms with E-state index in [4.69, 9.17) is 5.73 Å². The number of hydrogen-bond acceptors (Lipinski definition) is 3. The van der Waals surface area contributed by atoms with E-state index in [1.807, 2.05) is 24.0 Å². The summed E-state index contributed by atoms with van der Waals surface area (Å²) < 4.78 is 1.86. The number of carbonyl (C=O) groups excluding carboxylic acids is 1. The van der Waals surface area contributed by atoms with Crippen molar-refractivity contribution < 1.29 is 4.79 Å². The van der Waals surface area contributed by atoms with Crippen LogP contribution in [0.4, 0.5) is 0 Å². The maximum atomic E-state index is 11.2. The number of primary amides is 1. The van der Waals surface area contributed by atoms with Crippen LogP contribution in [0.2, 0.25) is 0 Å². The summed E-state index contributed by atoms with van der Waals surface area (Å²) in [6.45, 7) is 5.57. The fourth-order valence-electron chi connectivity index (χ4n) is 1.70. The molecule has 1 aromatic rings. The van der Waals surface area contributed by atoms with Crippen molar-refractivity contribution in [3.05, 3.63) is 18.0 Å². The first-order valence-corrected chi connectivity index (χ1v) is 6.15. The molecule has 1 amide bonds. The quantitative estimate of drug-likeness (QED) is 0.704. The minimum Gasteiger partial charge on any atom is -0.368 e. The Morgan fingerprint density at radius 2 is 2.41 bits per heavy atom. The molecular weight excluding hydrogens is 216 g/mol. The zero-order chi connectivity index (χ0) is 12.7. The molecule has 0 aliphatic rings. The molecule has 0 saturated heterocycles. The summed E-state index contributed by atoms with van der Waals surface area (Å²) in [7, 11) is 0. The van der Waals surface area contributed by atoms with Crippen LogP contribution in [0.1, 0.15) is 31.7 Å². The Hall–Kier alpha value is -1.36. The molecule has 17 heavy (non-hydrogen) atoms. The van der Waals surface area contributed by atoms with Crippen LogP contribution in [0.15, 0.2) is 12.4 Å². The van der Waals surface area contributed by atoms with E-state index in [-0.39, 0.29) is 11.9 Å². The molecule has 96 valence electrons. The Balaban J connectivity index is 2.29. The van der Waals surface area contributed by atoms with Gasteiger partial charge < -0.3 is 11.1 Å². The van der Waals surface area contributed by atoms with Crippen LogP contribution in [0.3, 0.4) is 0 Å². The first-order chi connectivity index (χ1) is 8.13. The van der Waals surface area contributed by atoms with Crippen molar-refractivity contribution in [2.75, 3.05) is 6.54 Å². The van der Waals surface area contributed by atoms with Gasteiger partial charge in [0.25, 0.3) is 0 Å². The molecule has 0 aliphatic heterocycles. The zero-order valence-corrected chi connectivity index (χ0v) is 10.6. The number of hydrogen-bond donors (Lipinski definition) is 2. The van der Waals surface area contributed by atoms with Gasteiger partial charge in [-0.25, -0.2) is 0 Å². The summed E-state index contributed by atoms with van der Waals surface area (Å²) in [5, 5.41) is 7.36. The fraction of sp³-hybridized carbons (Fsp3) is 0.667. The lowest BCUT2D eigenvalue weighted by Crippen LogP contribution is -2.42. The second kappa shape index (κ2) is 7.06. The predicted molar refractivity (Wildman–Crippen MR) is 67.5 cm³/mol. The van der Waals surface area contributed by atoms with Crippen LogP contribution < -0.4 is 11.1 Å². The lowest BCUT2D eigenvalue weighted by atomic mass is 10.1. The largest absolute Gasteiger partial charge is 0.368 e. The van der Waals surface area contributed by atoms with E-state index in [1.165, 1.54) is 0 Å². The molecule has 3 N–H and O–H groups in total. The number of rotatable bonds is 8. The monoisotopic (exact) mass is 238 g/mol. The molecular formula is C12H22N4O. The Bertz CT molecular complexity index is 348. The number of nitrogens with two attached hydrogens (primary N) is 1. The van der Waals surface area contributed by atoms with Gasteiger partial charge in [0.1, 0.15) is 0 Å². The van der Waals surface area contributed by atoms with Gasteiger partial charge in [-0.3, -0.25) is 9.48 Å². The Kier molecular flexibility index (Phi) is 5.69. The summed E-state index contributed by atoms with van der Waals surface area (Å²) in [4.78, 5) is 11.2. The van der Waals surface area contributed by atoms with Crippen LogP contribution in [0.5, 0.6) is 0 Å². The number of nitrogens with one attached hydrogen (secondary N) is 1. The third kappa shape index (κ3) is 4.99. The molecule has 0 spiro atoms. The molecule has 0 bridgehead atoms. The van der Waals surface area contributed by atoms with Crippen molar-refractivity contribution in [2.45, 2.75) is 45.7 Å². The number of amides is 1. The minimum absolute atomic E-state index is 0.216. The SMILES string of the molecule is CCCC[C@H](NCCn1cc(C)cn1)C(N)=O. The number of unbranched alkanes of at least 4 members (excludes halogenated alkanes) is 1. The maximum absolute atomic E-state index is 11.2. The molecule has 0 radical (unpaired) electrons. The van der Waals surface area contributed by atoms with Crippen LogP contribution in [0, 0.1) is 6.92 Å². The van der Waals surface area contributed by atoms with Gasteiger partial charge in [-0.2, -0.15) is 5.10 Å². The molecule has 0 unspecified atom stereocenters. The molecule has 5 nitrogen and oxygen atoms in total. The van der Waals surface area contributed by atoms with Crippen molar-refractivity contribution in [1.82, 2.24) is 15.1 Å². The topological polar surface area (TPSA) is 72.9 Å². The molecule has 0 aliphatic carbocycles. The minimum atomic E-state index is -0.268. The standard InChI is InChI=1S/C12H22N4O/c1-3-4-5-11(12(13)17)14-6-7-16-9-10(2)8-15-16/h8-9,11,14H,3-7H2,1-2H3,(H2,13,17)/t11-/m0/s1. The highest BCUT2D eigenvalue weighted by molar-refractivity contribution is 5.79. The number of aryl methyl sites for hydroxylation is 1. The number of carbonyl (C=O) groups is 1. The summed E-state index contributed by atoms with van der Waals surface area (Å²) >= 11 is 0. The third-order valence-corrected chi connectivity index (χ3v) is 2.68. The van der Waals surface area contributed by atoms with Gasteiger partial charge in [-0.05, 0) is 18.9 Å². The normalized spacial score (nSPS) is 12.6. The summed E-state index contributed by atoms with van der Waals surface area (Å²) in [6.07, 6.45) is 6.70. The van der Waals surface area contributed by atoms with Gasteiger partial charge in [-0.15, -0.1) is 0 Å². The average Bonchev–Trinajstić information content (AvgIpc) is 2.68. The molecule has 0 saturated carbocycles. The van der Waals surface area contributed by atoms with Crippen molar-refractivity contribution in [3.8, 4) is 0 Å². The molecule has 0 fully saturated rings. The summed E-state index contributed by atoms with van der Waals surface area (Å²) in [5.74, 6) is -0.268. The van der Waals surface area contributed by atoms with Crippen LogP contribution in [-0.2, 0) is 11.3 Å². The molecule has 0 aromatic carbocycles. The third-order valence-electron chi connectivity index (χ3n) is 2.68. The Morgan fingerprint density at radius 3 is 2.94 bits per heavy atom. The summed E-state index contributed by atoms with van der Waals surface area (Å²) in [5.41, 5.74) is 6.48. The Morgan fingerprint density at radius 1 is 1.65 bits per heavy atom. The van der Waals surface area contributed by atoms with E-state index in [1.54, 1.807) is 0 Å². The van der Waals surface area contributed by atoms with Crippen molar-refractivity contribution in [3.63, 3.8) is 0 Å². The Labute approximate surface area is 102 Å². The first-order valence-electron chi connectivity index (χ1n) is 6.15. The molecule has 1 atom stereocenters. The smallest absolute Gasteiger partial charge is 0.234 e.